The first kappa shape index (κ1) is 13.5. The van der Waals surface area contributed by atoms with Crippen LogP contribution in [0.3, 0.4) is 0 Å². The molecule has 0 aromatic carbocycles. The van der Waals surface area contributed by atoms with Crippen molar-refractivity contribution in [1.82, 2.24) is 15.8 Å². The first-order valence-corrected chi connectivity index (χ1v) is 6.70. The zero-order valence-electron chi connectivity index (χ0n) is 9.09. The quantitative estimate of drug-likeness (QED) is 0.325. The Morgan fingerprint density at radius 1 is 1.44 bits per heavy atom. The van der Waals surface area contributed by atoms with Gasteiger partial charge in [0.2, 0.25) is 5.50 Å². The van der Waals surface area contributed by atoms with Crippen LogP contribution in [0.2, 0.25) is 0 Å². The van der Waals surface area contributed by atoms with Crippen LogP contribution in [0, 0.1) is 0 Å². The van der Waals surface area contributed by atoms with Gasteiger partial charge in [-0.05, 0) is 6.42 Å². The normalized spacial score (nSPS) is 27.1. The monoisotopic (exact) mass is 251 g/mol. The first-order chi connectivity index (χ1) is 7.49. The van der Waals surface area contributed by atoms with Gasteiger partial charge in [-0.1, -0.05) is 19.8 Å². The van der Waals surface area contributed by atoms with Gasteiger partial charge in [0.15, 0.2) is 6.29 Å². The Labute approximate surface area is 94.9 Å². The fourth-order valence-electron chi connectivity index (χ4n) is 1.56. The maximum Gasteiger partial charge on any atom is 0.296 e. The highest BCUT2D eigenvalue weighted by molar-refractivity contribution is 7.86. The summed E-state index contributed by atoms with van der Waals surface area (Å²) < 4.78 is 31.0. The molecule has 7 nitrogen and oxygen atoms in total. The number of carbonyl (C=O) groups is 1. The van der Waals surface area contributed by atoms with E-state index in [0.29, 0.717) is 12.8 Å². The molecule has 0 spiro atoms. The minimum atomic E-state index is -4.24. The van der Waals surface area contributed by atoms with E-state index >= 15 is 0 Å². The van der Waals surface area contributed by atoms with Crippen molar-refractivity contribution in [1.29, 1.82) is 0 Å². The molecule has 1 aliphatic heterocycles. The molecule has 0 aromatic heterocycles. The van der Waals surface area contributed by atoms with E-state index in [0.717, 1.165) is 19.3 Å². The SMILES string of the molecule is CCCCCN1NC(C=O)NC1S(=O)(=O)O. The number of hydrazine groups is 1. The van der Waals surface area contributed by atoms with E-state index in [4.69, 9.17) is 4.55 Å². The van der Waals surface area contributed by atoms with E-state index in [1.807, 2.05) is 6.92 Å². The van der Waals surface area contributed by atoms with E-state index in [9.17, 15) is 13.2 Å². The third-order valence-corrected chi connectivity index (χ3v) is 3.29. The summed E-state index contributed by atoms with van der Waals surface area (Å²) in [6, 6.07) is 0. The number of carbonyl (C=O) groups excluding carboxylic acids is 1. The average molecular weight is 251 g/mol. The van der Waals surface area contributed by atoms with Gasteiger partial charge in [0.25, 0.3) is 10.1 Å². The van der Waals surface area contributed by atoms with E-state index < -0.39 is 21.8 Å². The number of nitrogens with one attached hydrogen (secondary N) is 2. The average Bonchev–Trinajstić information content (AvgIpc) is 2.61. The van der Waals surface area contributed by atoms with Crippen LogP contribution in [-0.4, -0.2) is 42.5 Å². The second-order valence-electron chi connectivity index (χ2n) is 3.68. The highest BCUT2D eigenvalue weighted by Crippen LogP contribution is 2.09. The lowest BCUT2D eigenvalue weighted by Gasteiger charge is -2.20. The van der Waals surface area contributed by atoms with Crippen molar-refractivity contribution in [3.05, 3.63) is 0 Å². The highest BCUT2D eigenvalue weighted by atomic mass is 32.2. The summed E-state index contributed by atoms with van der Waals surface area (Å²) >= 11 is 0. The number of nitrogens with zero attached hydrogens (tertiary/aromatic N) is 1. The van der Waals surface area contributed by atoms with Crippen LogP contribution in [-0.2, 0) is 14.9 Å². The van der Waals surface area contributed by atoms with Gasteiger partial charge >= 0.3 is 0 Å². The Morgan fingerprint density at radius 2 is 2.12 bits per heavy atom. The molecule has 2 atom stereocenters. The van der Waals surface area contributed by atoms with Gasteiger partial charge in [-0.25, -0.2) is 10.4 Å². The summed E-state index contributed by atoms with van der Waals surface area (Å²) in [4.78, 5) is 10.5. The van der Waals surface area contributed by atoms with Crippen molar-refractivity contribution in [3.63, 3.8) is 0 Å². The Kier molecular flexibility index (Phi) is 4.81. The second kappa shape index (κ2) is 5.69. The van der Waals surface area contributed by atoms with Crippen molar-refractivity contribution in [3.8, 4) is 0 Å². The molecule has 0 bridgehead atoms. The van der Waals surface area contributed by atoms with Crippen LogP contribution in [0.5, 0.6) is 0 Å². The third kappa shape index (κ3) is 3.49. The zero-order chi connectivity index (χ0) is 12.2. The van der Waals surface area contributed by atoms with Crippen LogP contribution in [0.1, 0.15) is 26.2 Å². The summed E-state index contributed by atoms with van der Waals surface area (Å²) in [6.45, 7) is 2.49. The van der Waals surface area contributed by atoms with Gasteiger partial charge in [-0.3, -0.25) is 9.87 Å². The molecule has 8 heteroatoms. The minimum Gasteiger partial charge on any atom is -0.300 e. The van der Waals surface area contributed by atoms with Gasteiger partial charge in [0.1, 0.15) is 6.17 Å². The minimum absolute atomic E-state index is 0.454. The Balaban J connectivity index is 2.61. The van der Waals surface area contributed by atoms with Crippen LogP contribution in [0.15, 0.2) is 0 Å². The number of hydrogen-bond donors (Lipinski definition) is 3. The fraction of sp³-hybridized carbons (Fsp3) is 0.875. The van der Waals surface area contributed by atoms with Crippen molar-refractivity contribution < 1.29 is 17.8 Å². The smallest absolute Gasteiger partial charge is 0.296 e. The van der Waals surface area contributed by atoms with Gasteiger partial charge in [-0.2, -0.15) is 8.42 Å². The van der Waals surface area contributed by atoms with Gasteiger partial charge in [0.05, 0.1) is 0 Å². The van der Waals surface area contributed by atoms with Crippen molar-refractivity contribution in [2.24, 2.45) is 0 Å². The number of rotatable bonds is 6. The lowest BCUT2D eigenvalue weighted by Crippen LogP contribution is -2.45. The van der Waals surface area contributed by atoms with E-state index in [1.165, 1.54) is 5.01 Å². The Morgan fingerprint density at radius 3 is 2.62 bits per heavy atom. The zero-order valence-corrected chi connectivity index (χ0v) is 9.90. The molecule has 1 fully saturated rings. The van der Waals surface area contributed by atoms with Crippen LogP contribution >= 0.6 is 0 Å². The lowest BCUT2D eigenvalue weighted by molar-refractivity contribution is -0.110. The van der Waals surface area contributed by atoms with Crippen molar-refractivity contribution >= 4 is 16.4 Å². The van der Waals surface area contributed by atoms with E-state index in [1.54, 1.807) is 0 Å². The molecule has 1 saturated heterocycles. The van der Waals surface area contributed by atoms with Crippen LogP contribution in [0.25, 0.3) is 0 Å². The lowest BCUT2D eigenvalue weighted by atomic mass is 10.2. The number of unbranched alkanes of at least 4 members (excludes halogenated alkanes) is 2. The predicted octanol–water partition coefficient (Wildman–Crippen LogP) is -0.717. The topological polar surface area (TPSA) is 98.7 Å². The first-order valence-electron chi connectivity index (χ1n) is 5.19. The van der Waals surface area contributed by atoms with Crippen LogP contribution in [0.4, 0.5) is 0 Å². The summed E-state index contributed by atoms with van der Waals surface area (Å²) in [6.07, 6.45) is 2.55. The standard InChI is InChI=1S/C8H17N3O4S/c1-2-3-4-5-11-8(16(13,14)15)9-7(6-12)10-11/h6-10H,2-5H2,1H3,(H,13,14,15). The summed E-state index contributed by atoms with van der Waals surface area (Å²) in [5.41, 5.74) is 1.42. The molecule has 3 N–H and O–H groups in total. The van der Waals surface area contributed by atoms with Gasteiger partial charge in [0, 0.05) is 6.54 Å². The van der Waals surface area contributed by atoms with Crippen molar-refractivity contribution in [2.45, 2.75) is 37.8 Å². The Bertz CT molecular complexity index is 332. The molecule has 0 radical (unpaired) electrons. The summed E-state index contributed by atoms with van der Waals surface area (Å²) in [5, 5.41) is 3.80. The summed E-state index contributed by atoms with van der Waals surface area (Å²) in [7, 11) is -4.24. The molecule has 1 aliphatic rings. The highest BCUT2D eigenvalue weighted by Gasteiger charge is 2.38. The molecule has 0 aliphatic carbocycles. The predicted molar refractivity (Wildman–Crippen MR) is 57.7 cm³/mol. The van der Waals surface area contributed by atoms with Gasteiger partial charge < -0.3 is 4.79 Å². The number of aldehydes is 1. The Hall–Kier alpha value is -0.540. The second-order valence-corrected chi connectivity index (χ2v) is 5.15. The van der Waals surface area contributed by atoms with Crippen LogP contribution < -0.4 is 10.7 Å². The molecular formula is C8H17N3O4S. The molecule has 0 aromatic rings. The molecule has 16 heavy (non-hydrogen) atoms. The summed E-state index contributed by atoms with van der Waals surface area (Å²) in [5.74, 6) is 0. The van der Waals surface area contributed by atoms with E-state index in [-0.39, 0.29) is 0 Å². The third-order valence-electron chi connectivity index (χ3n) is 2.33. The largest absolute Gasteiger partial charge is 0.300 e. The molecule has 0 amide bonds. The molecule has 1 heterocycles. The maximum atomic E-state index is 11.0. The van der Waals surface area contributed by atoms with E-state index in [2.05, 4.69) is 10.7 Å². The molecule has 0 saturated carbocycles. The fourth-order valence-corrected chi connectivity index (χ4v) is 2.36. The molecule has 94 valence electrons. The maximum absolute atomic E-state index is 11.0. The molecule has 2 unspecified atom stereocenters. The van der Waals surface area contributed by atoms with Gasteiger partial charge in [-0.15, -0.1) is 0 Å². The molecule has 1 rings (SSSR count). The number of hydrogen-bond acceptors (Lipinski definition) is 6. The van der Waals surface area contributed by atoms with Crippen molar-refractivity contribution in [2.75, 3.05) is 6.54 Å². The molecular weight excluding hydrogens is 234 g/mol.